The summed E-state index contributed by atoms with van der Waals surface area (Å²) >= 11 is 6.70. The van der Waals surface area contributed by atoms with Crippen molar-refractivity contribution in [2.24, 2.45) is 14.1 Å². The molecule has 0 amide bonds. The van der Waals surface area contributed by atoms with Crippen molar-refractivity contribution in [3.63, 3.8) is 0 Å². The van der Waals surface area contributed by atoms with Crippen LogP contribution in [0.15, 0.2) is 29.3 Å². The summed E-state index contributed by atoms with van der Waals surface area (Å²) in [4.78, 5) is 23.5. The van der Waals surface area contributed by atoms with Crippen LogP contribution in [-0.2, 0) is 14.1 Å². The van der Waals surface area contributed by atoms with E-state index < -0.39 is 0 Å². The SMILES string of the molecule is C[C@H]1CNCCN1c1nc2[nH]cc(-c3ccc4nn(C)cc4c3Cl)c2c(=O)n1C. The summed E-state index contributed by atoms with van der Waals surface area (Å²) < 4.78 is 3.37. The molecular weight excluding hydrogens is 390 g/mol. The maximum absolute atomic E-state index is 13.3. The number of anilines is 1. The zero-order valence-electron chi connectivity index (χ0n) is 16.5. The average Bonchev–Trinajstić information content (AvgIpc) is 3.29. The molecule has 4 heterocycles. The molecule has 0 spiro atoms. The van der Waals surface area contributed by atoms with Gasteiger partial charge in [0.15, 0.2) is 0 Å². The van der Waals surface area contributed by atoms with Gasteiger partial charge >= 0.3 is 0 Å². The first-order valence-electron chi connectivity index (χ1n) is 9.63. The van der Waals surface area contributed by atoms with Gasteiger partial charge in [0.2, 0.25) is 5.95 Å². The number of H-pyrrole nitrogens is 1. The minimum atomic E-state index is -0.0886. The van der Waals surface area contributed by atoms with E-state index in [0.717, 1.165) is 41.7 Å². The third kappa shape index (κ3) is 2.74. The molecule has 29 heavy (non-hydrogen) atoms. The smallest absolute Gasteiger partial charge is 0.264 e. The van der Waals surface area contributed by atoms with Gasteiger partial charge in [0.05, 0.1) is 15.9 Å². The third-order valence-corrected chi connectivity index (χ3v) is 6.08. The van der Waals surface area contributed by atoms with Crippen LogP contribution in [0.1, 0.15) is 6.92 Å². The first-order valence-corrected chi connectivity index (χ1v) is 10.0. The number of aryl methyl sites for hydroxylation is 1. The zero-order chi connectivity index (χ0) is 20.3. The van der Waals surface area contributed by atoms with Gasteiger partial charge in [-0.05, 0) is 13.0 Å². The van der Waals surface area contributed by atoms with E-state index in [4.69, 9.17) is 16.6 Å². The second-order valence-electron chi connectivity index (χ2n) is 7.61. The molecule has 0 saturated carbocycles. The van der Waals surface area contributed by atoms with Crippen molar-refractivity contribution in [1.82, 2.24) is 29.6 Å². The first-order chi connectivity index (χ1) is 14.0. The molecule has 1 saturated heterocycles. The van der Waals surface area contributed by atoms with Crippen molar-refractivity contribution in [1.29, 1.82) is 0 Å². The van der Waals surface area contributed by atoms with E-state index in [-0.39, 0.29) is 11.6 Å². The number of hydrogen-bond donors (Lipinski definition) is 2. The van der Waals surface area contributed by atoms with Crippen molar-refractivity contribution in [2.45, 2.75) is 13.0 Å². The number of benzene rings is 1. The number of hydrogen-bond acceptors (Lipinski definition) is 5. The van der Waals surface area contributed by atoms with E-state index in [2.05, 4.69) is 27.2 Å². The van der Waals surface area contributed by atoms with Crippen LogP contribution in [0.5, 0.6) is 0 Å². The van der Waals surface area contributed by atoms with Crippen LogP contribution in [0.3, 0.4) is 0 Å². The van der Waals surface area contributed by atoms with Crippen molar-refractivity contribution < 1.29 is 0 Å². The molecule has 4 aromatic rings. The number of halogens is 1. The molecule has 0 unspecified atom stereocenters. The first kappa shape index (κ1) is 18.2. The monoisotopic (exact) mass is 411 g/mol. The standard InChI is InChI=1S/C20H22ClN7O/c1-11-8-22-6-7-28(11)20-24-18-16(19(29)27(20)3)13(9-23-18)12-4-5-15-14(17(12)21)10-26(2)25-15/h4-5,9-11,22-23H,6-8H2,1-3H3/t11-/m0/s1. The van der Waals surface area contributed by atoms with Crippen molar-refractivity contribution in [2.75, 3.05) is 24.5 Å². The van der Waals surface area contributed by atoms with Crippen LogP contribution >= 0.6 is 11.6 Å². The Bertz CT molecular complexity index is 1300. The summed E-state index contributed by atoms with van der Waals surface area (Å²) in [7, 11) is 3.64. The maximum Gasteiger partial charge on any atom is 0.264 e. The third-order valence-electron chi connectivity index (χ3n) is 5.68. The summed E-state index contributed by atoms with van der Waals surface area (Å²) in [5, 5.41) is 9.75. The second-order valence-corrected chi connectivity index (χ2v) is 7.99. The van der Waals surface area contributed by atoms with Crippen LogP contribution in [0.25, 0.3) is 33.1 Å². The summed E-state index contributed by atoms with van der Waals surface area (Å²) in [6, 6.07) is 4.09. The van der Waals surface area contributed by atoms with Gasteiger partial charge in [-0.3, -0.25) is 14.0 Å². The molecule has 1 aliphatic heterocycles. The van der Waals surface area contributed by atoms with E-state index in [0.29, 0.717) is 22.0 Å². The average molecular weight is 412 g/mol. The fourth-order valence-electron chi connectivity index (χ4n) is 4.14. The molecule has 0 radical (unpaired) electrons. The van der Waals surface area contributed by atoms with Gasteiger partial charge in [-0.25, -0.2) is 0 Å². The minimum Gasteiger partial charge on any atom is -0.345 e. The number of nitrogens with one attached hydrogen (secondary N) is 2. The Morgan fingerprint density at radius 1 is 1.24 bits per heavy atom. The van der Waals surface area contributed by atoms with Gasteiger partial charge in [0.1, 0.15) is 5.65 Å². The Kier molecular flexibility index (Phi) is 4.15. The van der Waals surface area contributed by atoms with Crippen molar-refractivity contribution in [3.05, 3.63) is 39.9 Å². The minimum absolute atomic E-state index is 0.0886. The predicted molar refractivity (Wildman–Crippen MR) is 116 cm³/mol. The highest BCUT2D eigenvalue weighted by atomic mass is 35.5. The highest BCUT2D eigenvalue weighted by Gasteiger charge is 2.24. The van der Waals surface area contributed by atoms with Crippen LogP contribution in [0, 0.1) is 0 Å². The Morgan fingerprint density at radius 3 is 2.86 bits per heavy atom. The lowest BCUT2D eigenvalue weighted by Crippen LogP contribution is -2.51. The summed E-state index contributed by atoms with van der Waals surface area (Å²) in [5.74, 6) is 0.679. The number of piperazine rings is 1. The van der Waals surface area contributed by atoms with Gasteiger partial charge in [0, 0.05) is 68.7 Å². The molecular formula is C20H22ClN7O. The molecule has 1 aliphatic rings. The van der Waals surface area contributed by atoms with Crippen LogP contribution in [0.2, 0.25) is 5.02 Å². The van der Waals surface area contributed by atoms with E-state index in [1.807, 2.05) is 31.6 Å². The molecule has 2 N–H and O–H groups in total. The van der Waals surface area contributed by atoms with E-state index in [1.54, 1.807) is 16.3 Å². The molecule has 8 nitrogen and oxygen atoms in total. The summed E-state index contributed by atoms with van der Waals surface area (Å²) in [6.45, 7) is 4.68. The van der Waals surface area contributed by atoms with Crippen molar-refractivity contribution in [3.8, 4) is 11.1 Å². The van der Waals surface area contributed by atoms with E-state index in [1.165, 1.54) is 0 Å². The predicted octanol–water partition coefficient (Wildman–Crippen LogP) is 2.27. The summed E-state index contributed by atoms with van der Waals surface area (Å²) in [5.41, 5.74) is 2.85. The molecule has 1 aromatic carbocycles. The molecule has 9 heteroatoms. The van der Waals surface area contributed by atoms with Crippen LogP contribution < -0.4 is 15.8 Å². The van der Waals surface area contributed by atoms with E-state index in [9.17, 15) is 4.79 Å². The number of fused-ring (bicyclic) bond motifs is 2. The largest absolute Gasteiger partial charge is 0.345 e. The molecule has 0 bridgehead atoms. The zero-order valence-corrected chi connectivity index (χ0v) is 17.3. The van der Waals surface area contributed by atoms with Crippen molar-refractivity contribution >= 4 is 39.5 Å². The van der Waals surface area contributed by atoms with Gasteiger partial charge in [-0.15, -0.1) is 0 Å². The highest BCUT2D eigenvalue weighted by molar-refractivity contribution is 6.38. The number of rotatable bonds is 2. The molecule has 150 valence electrons. The summed E-state index contributed by atoms with van der Waals surface area (Å²) in [6.07, 6.45) is 3.70. The Labute approximate surface area is 172 Å². The molecule has 3 aromatic heterocycles. The van der Waals surface area contributed by atoms with Gasteiger partial charge in [-0.2, -0.15) is 10.1 Å². The Balaban J connectivity index is 1.71. The quantitative estimate of drug-likeness (QED) is 0.528. The molecule has 1 fully saturated rings. The fourth-order valence-corrected chi connectivity index (χ4v) is 4.45. The number of nitrogens with zero attached hydrogens (tertiary/aromatic N) is 5. The highest BCUT2D eigenvalue weighted by Crippen LogP contribution is 2.36. The van der Waals surface area contributed by atoms with Gasteiger partial charge < -0.3 is 15.2 Å². The lowest BCUT2D eigenvalue weighted by atomic mass is 10.0. The lowest BCUT2D eigenvalue weighted by molar-refractivity contribution is 0.486. The Hall–Kier alpha value is -2.84. The molecule has 1 atom stereocenters. The molecule has 0 aliphatic carbocycles. The van der Waals surface area contributed by atoms with Crippen LogP contribution in [-0.4, -0.2) is 50.0 Å². The second kappa shape index (κ2) is 6.60. The van der Waals surface area contributed by atoms with Gasteiger partial charge in [-0.1, -0.05) is 17.7 Å². The number of aromatic nitrogens is 5. The van der Waals surface area contributed by atoms with Gasteiger partial charge in [0.25, 0.3) is 5.56 Å². The normalized spacial score (nSPS) is 17.5. The van der Waals surface area contributed by atoms with E-state index >= 15 is 0 Å². The fraction of sp³-hybridized carbons (Fsp3) is 0.350. The molecule has 5 rings (SSSR count). The Morgan fingerprint density at radius 2 is 2.07 bits per heavy atom. The lowest BCUT2D eigenvalue weighted by Gasteiger charge is -2.35. The maximum atomic E-state index is 13.3. The topological polar surface area (TPSA) is 83.8 Å². The number of aromatic amines is 1. The van der Waals surface area contributed by atoms with Crippen LogP contribution in [0.4, 0.5) is 5.95 Å².